The van der Waals surface area contributed by atoms with E-state index in [4.69, 9.17) is 9.47 Å². The molecule has 0 aromatic heterocycles. The summed E-state index contributed by atoms with van der Waals surface area (Å²) in [6.07, 6.45) is 5.16. The first-order chi connectivity index (χ1) is 6.30. The number of methoxy groups -OCH3 is 1. The van der Waals surface area contributed by atoms with Crippen LogP contribution in [0, 0.1) is 11.8 Å². The molecule has 0 aromatic carbocycles. The second-order valence-corrected chi connectivity index (χ2v) is 4.38. The molecule has 3 fully saturated rings. The second kappa shape index (κ2) is 2.27. The highest BCUT2D eigenvalue weighted by atomic mass is 16.7. The number of carbonyl (C=O) groups excluding carboxylic acids is 1. The van der Waals surface area contributed by atoms with E-state index in [2.05, 4.69) is 0 Å². The number of carbonyl (C=O) groups is 1. The highest BCUT2D eigenvalue weighted by Gasteiger charge is 2.81. The molecule has 13 heavy (non-hydrogen) atoms. The van der Waals surface area contributed by atoms with E-state index in [0.29, 0.717) is 11.8 Å². The first kappa shape index (κ1) is 7.80. The molecule has 3 heteroatoms. The van der Waals surface area contributed by atoms with E-state index in [-0.39, 0.29) is 12.1 Å². The van der Waals surface area contributed by atoms with Crippen molar-refractivity contribution in [2.24, 2.45) is 11.8 Å². The van der Waals surface area contributed by atoms with E-state index < -0.39 is 5.60 Å². The minimum atomic E-state index is -0.472. The van der Waals surface area contributed by atoms with Gasteiger partial charge in [-0.1, -0.05) is 12.8 Å². The maximum Gasteiger partial charge on any atom is 0.341 e. The number of epoxide rings is 1. The zero-order chi connectivity index (χ0) is 9.05. The monoisotopic (exact) mass is 182 g/mol. The van der Waals surface area contributed by atoms with Gasteiger partial charge in [0.15, 0.2) is 5.60 Å². The Balaban J connectivity index is 1.81. The molecule has 72 valence electrons. The molecule has 3 aliphatic rings. The van der Waals surface area contributed by atoms with Crippen LogP contribution in [0.4, 0.5) is 0 Å². The Morgan fingerprint density at radius 1 is 1.46 bits per heavy atom. The Labute approximate surface area is 77.4 Å². The van der Waals surface area contributed by atoms with Gasteiger partial charge in [0.05, 0.1) is 7.11 Å². The van der Waals surface area contributed by atoms with Gasteiger partial charge in [0.1, 0.15) is 6.10 Å². The lowest BCUT2D eigenvalue weighted by Gasteiger charge is -2.41. The van der Waals surface area contributed by atoms with Gasteiger partial charge >= 0.3 is 5.97 Å². The predicted octanol–water partition coefficient (Wildman–Crippen LogP) is 1.12. The molecule has 3 rings (SSSR count). The van der Waals surface area contributed by atoms with Crippen LogP contribution in [0.15, 0.2) is 0 Å². The SMILES string of the molecule is COC(=O)[C@]12O[C@H]1[C@H]1CCCC[C@H]12. The van der Waals surface area contributed by atoms with Crippen LogP contribution in [0.1, 0.15) is 25.7 Å². The number of hydrogen-bond acceptors (Lipinski definition) is 3. The van der Waals surface area contributed by atoms with Gasteiger partial charge in [-0.05, 0) is 18.8 Å². The molecule has 1 saturated heterocycles. The van der Waals surface area contributed by atoms with Gasteiger partial charge < -0.3 is 9.47 Å². The Hall–Kier alpha value is -0.570. The molecular weight excluding hydrogens is 168 g/mol. The normalized spacial score (nSPS) is 51.3. The molecule has 3 nitrogen and oxygen atoms in total. The van der Waals surface area contributed by atoms with Gasteiger partial charge in [0.2, 0.25) is 0 Å². The standard InChI is InChI=1S/C10H14O3/c1-12-9(11)10-7-5-3-2-4-6(7)8(10)13-10/h6-8H,2-5H2,1H3/t6-,7+,8-,10+/m0/s1. The quantitative estimate of drug-likeness (QED) is 0.450. The van der Waals surface area contributed by atoms with E-state index >= 15 is 0 Å². The van der Waals surface area contributed by atoms with Crippen LogP contribution in [-0.2, 0) is 14.3 Å². The summed E-state index contributed by atoms with van der Waals surface area (Å²) in [5.41, 5.74) is -0.472. The maximum atomic E-state index is 11.5. The third kappa shape index (κ3) is 0.725. The van der Waals surface area contributed by atoms with Crippen molar-refractivity contribution in [3.8, 4) is 0 Å². The van der Waals surface area contributed by atoms with Crippen molar-refractivity contribution in [2.45, 2.75) is 37.4 Å². The zero-order valence-electron chi connectivity index (χ0n) is 7.79. The molecule has 0 aromatic rings. The first-order valence-corrected chi connectivity index (χ1v) is 5.07. The largest absolute Gasteiger partial charge is 0.467 e. The molecule has 0 unspecified atom stereocenters. The minimum absolute atomic E-state index is 0.138. The fourth-order valence-electron chi connectivity index (χ4n) is 3.29. The number of esters is 1. The van der Waals surface area contributed by atoms with Gasteiger partial charge in [0.25, 0.3) is 0 Å². The van der Waals surface area contributed by atoms with Crippen LogP contribution in [0.2, 0.25) is 0 Å². The van der Waals surface area contributed by atoms with Crippen molar-refractivity contribution in [2.75, 3.05) is 7.11 Å². The first-order valence-electron chi connectivity index (χ1n) is 5.07. The third-order valence-electron chi connectivity index (χ3n) is 3.95. The highest BCUT2D eigenvalue weighted by molar-refractivity contribution is 5.86. The fourth-order valence-corrected chi connectivity index (χ4v) is 3.29. The Morgan fingerprint density at radius 2 is 2.23 bits per heavy atom. The zero-order valence-corrected chi connectivity index (χ0v) is 7.79. The Bertz CT molecular complexity index is 263. The lowest BCUT2D eigenvalue weighted by molar-refractivity contribution is -0.152. The van der Waals surface area contributed by atoms with Gasteiger partial charge in [-0.15, -0.1) is 0 Å². The molecule has 1 heterocycles. The van der Waals surface area contributed by atoms with E-state index in [1.165, 1.54) is 26.4 Å². The molecule has 0 spiro atoms. The van der Waals surface area contributed by atoms with Crippen molar-refractivity contribution >= 4 is 5.97 Å². The van der Waals surface area contributed by atoms with Crippen LogP contribution in [0.5, 0.6) is 0 Å². The Kier molecular flexibility index (Phi) is 1.36. The molecule has 0 amide bonds. The van der Waals surface area contributed by atoms with Crippen molar-refractivity contribution in [3.05, 3.63) is 0 Å². The summed E-state index contributed by atoms with van der Waals surface area (Å²) in [5.74, 6) is 0.993. The van der Waals surface area contributed by atoms with Crippen LogP contribution in [-0.4, -0.2) is 24.8 Å². The lowest BCUT2D eigenvalue weighted by Crippen LogP contribution is -2.53. The van der Waals surface area contributed by atoms with Crippen molar-refractivity contribution < 1.29 is 14.3 Å². The van der Waals surface area contributed by atoms with E-state index in [1.807, 2.05) is 0 Å². The molecule has 1 aliphatic heterocycles. The molecule has 4 atom stereocenters. The molecule has 0 radical (unpaired) electrons. The summed E-state index contributed by atoms with van der Waals surface area (Å²) in [4.78, 5) is 11.5. The molecular formula is C10H14O3. The van der Waals surface area contributed by atoms with Gasteiger partial charge in [-0.25, -0.2) is 4.79 Å². The van der Waals surface area contributed by atoms with Crippen LogP contribution in [0.3, 0.4) is 0 Å². The summed E-state index contributed by atoms with van der Waals surface area (Å²) in [6.45, 7) is 0. The highest BCUT2D eigenvalue weighted by Crippen LogP contribution is 2.66. The number of fused-ring (bicyclic) bond motifs is 4. The van der Waals surface area contributed by atoms with Gasteiger partial charge in [0, 0.05) is 5.92 Å². The summed E-state index contributed by atoms with van der Waals surface area (Å²) in [5, 5.41) is 0. The van der Waals surface area contributed by atoms with Gasteiger partial charge in [-0.3, -0.25) is 0 Å². The van der Waals surface area contributed by atoms with E-state index in [1.54, 1.807) is 0 Å². The summed E-state index contributed by atoms with van der Waals surface area (Å²) in [6, 6.07) is 0. The van der Waals surface area contributed by atoms with E-state index in [9.17, 15) is 4.79 Å². The second-order valence-electron chi connectivity index (χ2n) is 4.38. The van der Waals surface area contributed by atoms with Crippen molar-refractivity contribution in [3.63, 3.8) is 0 Å². The van der Waals surface area contributed by atoms with Crippen molar-refractivity contribution in [1.29, 1.82) is 0 Å². The third-order valence-corrected chi connectivity index (χ3v) is 3.95. The van der Waals surface area contributed by atoms with Gasteiger partial charge in [-0.2, -0.15) is 0 Å². The van der Waals surface area contributed by atoms with Crippen molar-refractivity contribution in [1.82, 2.24) is 0 Å². The summed E-state index contributed by atoms with van der Waals surface area (Å²) in [7, 11) is 1.45. The topological polar surface area (TPSA) is 38.8 Å². The minimum Gasteiger partial charge on any atom is -0.467 e. The molecule has 0 bridgehead atoms. The summed E-state index contributed by atoms with van der Waals surface area (Å²) >= 11 is 0. The lowest BCUT2D eigenvalue weighted by atomic mass is 9.58. The average molecular weight is 182 g/mol. The van der Waals surface area contributed by atoms with Crippen LogP contribution >= 0.6 is 0 Å². The Morgan fingerprint density at radius 3 is 3.00 bits per heavy atom. The number of rotatable bonds is 1. The fraction of sp³-hybridized carbons (Fsp3) is 0.900. The predicted molar refractivity (Wildman–Crippen MR) is 45.1 cm³/mol. The average Bonchev–Trinajstić information content (AvgIpc) is 2.84. The number of hydrogen-bond donors (Lipinski definition) is 0. The molecule has 2 aliphatic carbocycles. The van der Waals surface area contributed by atoms with Crippen LogP contribution in [0.25, 0.3) is 0 Å². The molecule has 0 N–H and O–H groups in total. The number of ether oxygens (including phenoxy) is 2. The van der Waals surface area contributed by atoms with Crippen LogP contribution < -0.4 is 0 Å². The van der Waals surface area contributed by atoms with E-state index in [0.717, 1.165) is 6.42 Å². The maximum absolute atomic E-state index is 11.5. The molecule has 2 saturated carbocycles. The smallest absolute Gasteiger partial charge is 0.341 e. The summed E-state index contributed by atoms with van der Waals surface area (Å²) < 4.78 is 10.3.